The molecule has 0 bridgehead atoms. The van der Waals surface area contributed by atoms with Crippen LogP contribution in [0.25, 0.3) is 10.8 Å². The Bertz CT molecular complexity index is 705. The molecule has 0 saturated carbocycles. The van der Waals surface area contributed by atoms with Gasteiger partial charge in [0.2, 0.25) is 0 Å². The third kappa shape index (κ3) is 2.62. The van der Waals surface area contributed by atoms with Gasteiger partial charge >= 0.3 is 5.97 Å². The molecule has 2 rings (SSSR count). The van der Waals surface area contributed by atoms with Crippen molar-refractivity contribution in [2.24, 2.45) is 0 Å². The molecule has 0 saturated heterocycles. The number of hydrogen-bond acceptors (Lipinski definition) is 3. The average molecular weight is 260 g/mol. The van der Waals surface area contributed by atoms with Gasteiger partial charge in [-0.05, 0) is 24.4 Å². The van der Waals surface area contributed by atoms with Crippen molar-refractivity contribution >= 4 is 22.6 Å². The number of aromatic amines is 1. The van der Waals surface area contributed by atoms with E-state index in [1.165, 1.54) is 13.0 Å². The molecule has 1 aromatic carbocycles. The van der Waals surface area contributed by atoms with Gasteiger partial charge in [-0.1, -0.05) is 18.2 Å². The number of carboxylic acid groups (broad SMARTS) is 1. The summed E-state index contributed by atoms with van der Waals surface area (Å²) in [6.45, 7) is 1.35. The number of benzene rings is 1. The number of nitrogens with one attached hydrogen (secondary N) is 2. The zero-order chi connectivity index (χ0) is 14.0. The van der Waals surface area contributed by atoms with E-state index in [9.17, 15) is 14.4 Å². The summed E-state index contributed by atoms with van der Waals surface area (Å²) in [5.41, 5.74) is -0.344. The lowest BCUT2D eigenvalue weighted by Gasteiger charge is -2.09. The maximum absolute atomic E-state index is 11.8. The number of hydrogen-bond donors (Lipinski definition) is 3. The summed E-state index contributed by atoms with van der Waals surface area (Å²) in [6, 6.07) is 7.33. The molecule has 2 aromatic rings. The number of amides is 1. The van der Waals surface area contributed by atoms with Crippen LogP contribution in [0.2, 0.25) is 0 Å². The molecule has 0 aliphatic rings. The first-order valence-electron chi connectivity index (χ1n) is 5.65. The zero-order valence-electron chi connectivity index (χ0n) is 10.1. The molecule has 6 heteroatoms. The largest absolute Gasteiger partial charge is 0.480 e. The summed E-state index contributed by atoms with van der Waals surface area (Å²) in [5, 5.41) is 12.1. The number of rotatable bonds is 3. The van der Waals surface area contributed by atoms with Gasteiger partial charge in [0.15, 0.2) is 0 Å². The number of carboxylic acids is 1. The van der Waals surface area contributed by atoms with E-state index in [0.29, 0.717) is 10.8 Å². The minimum absolute atomic E-state index is 0.0387. The van der Waals surface area contributed by atoms with Crippen molar-refractivity contribution in [2.45, 2.75) is 13.0 Å². The zero-order valence-corrected chi connectivity index (χ0v) is 10.1. The number of carbonyl (C=O) groups excluding carboxylic acids is 1. The number of fused-ring (bicyclic) bond motifs is 1. The summed E-state index contributed by atoms with van der Waals surface area (Å²) in [7, 11) is 0. The third-order valence-corrected chi connectivity index (χ3v) is 2.72. The lowest BCUT2D eigenvalue weighted by Crippen LogP contribution is -2.39. The fraction of sp³-hybridized carbons (Fsp3) is 0.154. The van der Waals surface area contributed by atoms with Crippen molar-refractivity contribution in [2.75, 3.05) is 0 Å². The Morgan fingerprint density at radius 1 is 1.32 bits per heavy atom. The standard InChI is InChI=1S/C13H12N2O4/c1-7(13(18)19)14-12(17)10-6-8-4-2-3-5-9(8)11(16)15-10/h2-7H,1H3,(H,14,17)(H,15,16)(H,18,19)/t7-/m0/s1. The highest BCUT2D eigenvalue weighted by Crippen LogP contribution is 2.09. The Kier molecular flexibility index (Phi) is 3.33. The van der Waals surface area contributed by atoms with Crippen LogP contribution in [0.15, 0.2) is 35.1 Å². The molecule has 1 aromatic heterocycles. The minimum atomic E-state index is -1.14. The molecule has 3 N–H and O–H groups in total. The summed E-state index contributed by atoms with van der Waals surface area (Å²) in [5.74, 6) is -1.77. The van der Waals surface area contributed by atoms with Crippen molar-refractivity contribution in [1.82, 2.24) is 10.3 Å². The van der Waals surface area contributed by atoms with Gasteiger partial charge < -0.3 is 15.4 Å². The van der Waals surface area contributed by atoms with Crippen molar-refractivity contribution in [3.05, 3.63) is 46.4 Å². The van der Waals surface area contributed by atoms with Crippen LogP contribution in [0.4, 0.5) is 0 Å². The molecular weight excluding hydrogens is 248 g/mol. The highest BCUT2D eigenvalue weighted by Gasteiger charge is 2.16. The second-order valence-corrected chi connectivity index (χ2v) is 4.13. The van der Waals surface area contributed by atoms with Crippen LogP contribution in [0.3, 0.4) is 0 Å². The predicted octanol–water partition coefficient (Wildman–Crippen LogP) is 0.731. The first-order chi connectivity index (χ1) is 8.99. The summed E-state index contributed by atoms with van der Waals surface area (Å²) in [6.07, 6.45) is 0. The molecular formula is C13H12N2O4. The first kappa shape index (κ1) is 12.8. The molecule has 19 heavy (non-hydrogen) atoms. The van der Waals surface area contributed by atoms with Crippen molar-refractivity contribution in [3.8, 4) is 0 Å². The van der Waals surface area contributed by atoms with Crippen LogP contribution in [-0.4, -0.2) is 28.0 Å². The van der Waals surface area contributed by atoms with Crippen LogP contribution >= 0.6 is 0 Å². The van der Waals surface area contributed by atoms with Gasteiger partial charge in [0, 0.05) is 5.39 Å². The monoisotopic (exact) mass is 260 g/mol. The molecule has 1 atom stereocenters. The van der Waals surface area contributed by atoms with E-state index < -0.39 is 17.9 Å². The van der Waals surface area contributed by atoms with Crippen LogP contribution in [-0.2, 0) is 4.79 Å². The third-order valence-electron chi connectivity index (χ3n) is 2.72. The number of H-pyrrole nitrogens is 1. The molecule has 98 valence electrons. The van der Waals surface area contributed by atoms with E-state index in [-0.39, 0.29) is 11.3 Å². The van der Waals surface area contributed by atoms with E-state index in [4.69, 9.17) is 5.11 Å². The highest BCUT2D eigenvalue weighted by molar-refractivity contribution is 5.97. The summed E-state index contributed by atoms with van der Waals surface area (Å²) < 4.78 is 0. The normalized spacial score (nSPS) is 12.1. The second-order valence-electron chi connectivity index (χ2n) is 4.13. The minimum Gasteiger partial charge on any atom is -0.480 e. The molecule has 1 amide bonds. The van der Waals surface area contributed by atoms with Gasteiger partial charge in [-0.25, -0.2) is 0 Å². The smallest absolute Gasteiger partial charge is 0.325 e. The van der Waals surface area contributed by atoms with Crippen molar-refractivity contribution < 1.29 is 14.7 Å². The Hall–Kier alpha value is -2.63. The summed E-state index contributed by atoms with van der Waals surface area (Å²) >= 11 is 0. The Morgan fingerprint density at radius 3 is 2.68 bits per heavy atom. The van der Waals surface area contributed by atoms with Crippen LogP contribution in [0.5, 0.6) is 0 Å². The lowest BCUT2D eigenvalue weighted by atomic mass is 10.1. The topological polar surface area (TPSA) is 99.3 Å². The molecule has 0 aliphatic heterocycles. The quantitative estimate of drug-likeness (QED) is 0.757. The molecule has 0 radical (unpaired) electrons. The second kappa shape index (κ2) is 4.93. The molecule has 0 aliphatic carbocycles. The van der Waals surface area contributed by atoms with Crippen LogP contribution in [0.1, 0.15) is 17.4 Å². The maximum atomic E-state index is 11.8. The van der Waals surface area contributed by atoms with E-state index in [2.05, 4.69) is 10.3 Å². The first-order valence-corrected chi connectivity index (χ1v) is 5.65. The van der Waals surface area contributed by atoms with Gasteiger partial charge in [-0.3, -0.25) is 14.4 Å². The lowest BCUT2D eigenvalue weighted by molar-refractivity contribution is -0.138. The van der Waals surface area contributed by atoms with Crippen LogP contribution < -0.4 is 10.9 Å². The van der Waals surface area contributed by atoms with E-state index >= 15 is 0 Å². The maximum Gasteiger partial charge on any atom is 0.325 e. The number of carbonyl (C=O) groups is 2. The molecule has 1 heterocycles. The fourth-order valence-electron chi connectivity index (χ4n) is 1.67. The van der Waals surface area contributed by atoms with Gasteiger partial charge in [-0.2, -0.15) is 0 Å². The van der Waals surface area contributed by atoms with Gasteiger partial charge in [0.25, 0.3) is 11.5 Å². The Balaban J connectivity index is 2.38. The molecule has 0 unspecified atom stereocenters. The van der Waals surface area contributed by atoms with Crippen molar-refractivity contribution in [1.29, 1.82) is 0 Å². The fourth-order valence-corrected chi connectivity index (χ4v) is 1.67. The Labute approximate surface area is 108 Å². The number of aliphatic carboxylic acids is 1. The van der Waals surface area contributed by atoms with E-state index in [0.717, 1.165) is 0 Å². The molecule has 6 nitrogen and oxygen atoms in total. The van der Waals surface area contributed by atoms with Gasteiger partial charge in [-0.15, -0.1) is 0 Å². The average Bonchev–Trinajstić information content (AvgIpc) is 2.38. The number of pyridine rings is 1. The summed E-state index contributed by atoms with van der Waals surface area (Å²) in [4.78, 5) is 36.7. The van der Waals surface area contributed by atoms with Crippen LogP contribution in [0, 0.1) is 0 Å². The SMILES string of the molecule is C[C@H](NC(=O)c1cc2ccccc2c(=O)[nH]1)C(=O)O. The number of aromatic nitrogens is 1. The predicted molar refractivity (Wildman–Crippen MR) is 69.1 cm³/mol. The molecule has 0 spiro atoms. The Morgan fingerprint density at radius 2 is 2.00 bits per heavy atom. The van der Waals surface area contributed by atoms with Gasteiger partial charge in [0.1, 0.15) is 11.7 Å². The van der Waals surface area contributed by atoms with Crippen molar-refractivity contribution in [3.63, 3.8) is 0 Å². The molecule has 0 fully saturated rings. The highest BCUT2D eigenvalue weighted by atomic mass is 16.4. The van der Waals surface area contributed by atoms with E-state index in [1.54, 1.807) is 24.3 Å². The van der Waals surface area contributed by atoms with E-state index in [1.807, 2.05) is 0 Å². The van der Waals surface area contributed by atoms with Gasteiger partial charge in [0.05, 0.1) is 0 Å².